The zero-order valence-electron chi connectivity index (χ0n) is 18.0. The van der Waals surface area contributed by atoms with Crippen molar-refractivity contribution in [2.24, 2.45) is 5.73 Å². The van der Waals surface area contributed by atoms with Crippen LogP contribution in [0.25, 0.3) is 5.82 Å². The Balaban J connectivity index is 1.69. The summed E-state index contributed by atoms with van der Waals surface area (Å²) in [7, 11) is 0. The van der Waals surface area contributed by atoms with Crippen LogP contribution < -0.4 is 15.8 Å². The fourth-order valence-corrected chi connectivity index (χ4v) is 3.24. The molecule has 35 heavy (non-hydrogen) atoms. The summed E-state index contributed by atoms with van der Waals surface area (Å²) >= 11 is 5.82. The number of ether oxygens (including phenoxy) is 1. The molecule has 0 saturated carbocycles. The summed E-state index contributed by atoms with van der Waals surface area (Å²) in [6.07, 6.45) is 1.32. The molecule has 0 spiro atoms. The van der Waals surface area contributed by atoms with Gasteiger partial charge in [0.15, 0.2) is 5.82 Å². The van der Waals surface area contributed by atoms with Crippen molar-refractivity contribution in [1.82, 2.24) is 24.7 Å². The number of amides is 1. The van der Waals surface area contributed by atoms with Gasteiger partial charge in [0.05, 0.1) is 22.3 Å². The SMILES string of the molecule is Cc1cc(C(F)F)nn1-c1nc(Nc2ccc(F)c(Cl)c2)ncc1COc1cncc(C(N)=O)c1. The Hall–Kier alpha value is -4.19. The van der Waals surface area contributed by atoms with Crippen molar-refractivity contribution in [1.29, 1.82) is 0 Å². The average molecular weight is 504 g/mol. The molecule has 0 fully saturated rings. The first-order chi connectivity index (χ1) is 16.7. The molecule has 180 valence electrons. The minimum absolute atomic E-state index is 0.0808. The first kappa shape index (κ1) is 24.0. The van der Waals surface area contributed by atoms with Gasteiger partial charge in [-0.2, -0.15) is 10.1 Å². The van der Waals surface area contributed by atoms with Gasteiger partial charge in [0.1, 0.15) is 23.9 Å². The number of nitrogens with one attached hydrogen (secondary N) is 1. The number of alkyl halides is 2. The molecule has 9 nitrogen and oxygen atoms in total. The second-order valence-corrected chi connectivity index (χ2v) is 7.69. The lowest BCUT2D eigenvalue weighted by Gasteiger charge is -2.14. The molecule has 0 saturated heterocycles. The zero-order chi connectivity index (χ0) is 25.1. The number of carbonyl (C=O) groups is 1. The number of hydrogen-bond donors (Lipinski definition) is 2. The molecular formula is C22H17ClF3N7O2. The number of primary amides is 1. The number of aromatic nitrogens is 5. The molecule has 0 unspecified atom stereocenters. The second-order valence-electron chi connectivity index (χ2n) is 7.28. The van der Waals surface area contributed by atoms with Crippen LogP contribution in [0.3, 0.4) is 0 Å². The van der Waals surface area contributed by atoms with Crippen molar-refractivity contribution in [3.8, 4) is 11.6 Å². The molecule has 0 aliphatic rings. The number of rotatable bonds is 8. The van der Waals surface area contributed by atoms with Crippen LogP contribution in [0.4, 0.5) is 24.8 Å². The number of halogens is 4. The molecule has 0 radical (unpaired) electrons. The lowest BCUT2D eigenvalue weighted by molar-refractivity contribution is 0.0999. The van der Waals surface area contributed by atoms with Crippen molar-refractivity contribution in [3.05, 3.63) is 82.3 Å². The number of hydrogen-bond acceptors (Lipinski definition) is 7. The molecule has 0 aliphatic heterocycles. The molecule has 4 rings (SSSR count). The fourth-order valence-electron chi connectivity index (χ4n) is 3.06. The molecule has 1 amide bonds. The zero-order valence-corrected chi connectivity index (χ0v) is 18.8. The number of nitrogens with two attached hydrogens (primary N) is 1. The number of aryl methyl sites for hydroxylation is 1. The van der Waals surface area contributed by atoms with E-state index >= 15 is 0 Å². The van der Waals surface area contributed by atoms with Gasteiger partial charge in [-0.25, -0.2) is 22.8 Å². The summed E-state index contributed by atoms with van der Waals surface area (Å²) < 4.78 is 46.9. The first-order valence-electron chi connectivity index (χ1n) is 10.0. The van der Waals surface area contributed by atoms with E-state index in [1.54, 1.807) is 6.92 Å². The molecule has 0 atom stereocenters. The standard InChI is InChI=1S/C22H17ClF3N7O2/c1-11-4-18(19(25)26)32-33(11)21-13(10-35-15-5-12(20(27)34)7-28-9-15)8-29-22(31-21)30-14-2-3-17(24)16(23)6-14/h2-9,19H,10H2,1H3,(H2,27,34)(H,29,30,31). The van der Waals surface area contributed by atoms with Gasteiger partial charge < -0.3 is 15.8 Å². The minimum atomic E-state index is -2.78. The van der Waals surface area contributed by atoms with Crippen molar-refractivity contribution < 1.29 is 22.7 Å². The van der Waals surface area contributed by atoms with Gasteiger partial charge in [0.2, 0.25) is 11.9 Å². The van der Waals surface area contributed by atoms with Crippen LogP contribution in [0.2, 0.25) is 5.02 Å². The largest absolute Gasteiger partial charge is 0.487 e. The van der Waals surface area contributed by atoms with Crippen molar-refractivity contribution in [3.63, 3.8) is 0 Å². The number of benzene rings is 1. The molecule has 3 N–H and O–H groups in total. The van der Waals surface area contributed by atoms with Crippen LogP contribution in [0, 0.1) is 12.7 Å². The van der Waals surface area contributed by atoms with Gasteiger partial charge in [-0.3, -0.25) is 9.78 Å². The first-order valence-corrected chi connectivity index (χ1v) is 10.4. The lowest BCUT2D eigenvalue weighted by Crippen LogP contribution is -2.13. The number of carbonyl (C=O) groups excluding carboxylic acids is 1. The third kappa shape index (κ3) is 5.49. The van der Waals surface area contributed by atoms with E-state index in [0.29, 0.717) is 16.9 Å². The van der Waals surface area contributed by atoms with Crippen LogP contribution in [0.1, 0.15) is 33.7 Å². The molecule has 1 aromatic carbocycles. The number of anilines is 2. The highest BCUT2D eigenvalue weighted by molar-refractivity contribution is 6.31. The van der Waals surface area contributed by atoms with E-state index in [9.17, 15) is 18.0 Å². The van der Waals surface area contributed by atoms with Crippen LogP contribution >= 0.6 is 11.6 Å². The smallest absolute Gasteiger partial charge is 0.282 e. The molecule has 0 aliphatic carbocycles. The van der Waals surface area contributed by atoms with Gasteiger partial charge in [-0.05, 0) is 37.3 Å². The van der Waals surface area contributed by atoms with Gasteiger partial charge in [0, 0.05) is 23.8 Å². The van der Waals surface area contributed by atoms with Gasteiger partial charge in [-0.1, -0.05) is 11.6 Å². The maximum Gasteiger partial charge on any atom is 0.282 e. The van der Waals surface area contributed by atoms with Gasteiger partial charge in [0.25, 0.3) is 6.43 Å². The van der Waals surface area contributed by atoms with Crippen molar-refractivity contribution >= 4 is 29.1 Å². The van der Waals surface area contributed by atoms with Crippen LogP contribution in [0.15, 0.2) is 48.9 Å². The van der Waals surface area contributed by atoms with E-state index in [1.807, 2.05) is 0 Å². The number of nitrogens with zero attached hydrogens (tertiary/aromatic N) is 5. The Labute approximate surface area is 201 Å². The van der Waals surface area contributed by atoms with E-state index in [0.717, 1.165) is 0 Å². The third-order valence-electron chi connectivity index (χ3n) is 4.74. The molecule has 4 aromatic rings. The number of pyridine rings is 1. The normalized spacial score (nSPS) is 11.0. The van der Waals surface area contributed by atoms with Crippen LogP contribution in [-0.2, 0) is 6.61 Å². The predicted octanol–water partition coefficient (Wildman–Crippen LogP) is 4.52. The molecule has 0 bridgehead atoms. The van der Waals surface area contributed by atoms with Crippen molar-refractivity contribution in [2.45, 2.75) is 20.0 Å². The summed E-state index contributed by atoms with van der Waals surface area (Å²) in [6, 6.07) is 6.62. The Morgan fingerprint density at radius 3 is 2.71 bits per heavy atom. The molecule has 13 heteroatoms. The van der Waals surface area contributed by atoms with E-state index < -0.39 is 23.8 Å². The van der Waals surface area contributed by atoms with E-state index in [-0.39, 0.29) is 34.7 Å². The minimum Gasteiger partial charge on any atom is -0.487 e. The van der Waals surface area contributed by atoms with Crippen molar-refractivity contribution in [2.75, 3.05) is 5.32 Å². The van der Waals surface area contributed by atoms with Crippen LogP contribution in [0.5, 0.6) is 5.75 Å². The predicted molar refractivity (Wildman–Crippen MR) is 121 cm³/mol. The average Bonchev–Trinajstić information content (AvgIpc) is 3.22. The summed E-state index contributed by atoms with van der Waals surface area (Å²) in [6.45, 7) is 1.49. The monoisotopic (exact) mass is 503 g/mol. The summed E-state index contributed by atoms with van der Waals surface area (Å²) in [5, 5.41) is 6.74. The Morgan fingerprint density at radius 2 is 2.03 bits per heavy atom. The van der Waals surface area contributed by atoms with E-state index in [2.05, 4.69) is 25.4 Å². The Kier molecular flexibility index (Phi) is 6.82. The fraction of sp³-hybridized carbons (Fsp3) is 0.136. The van der Waals surface area contributed by atoms with Crippen LogP contribution in [-0.4, -0.2) is 30.6 Å². The lowest BCUT2D eigenvalue weighted by atomic mass is 10.2. The molecule has 3 heterocycles. The second kappa shape index (κ2) is 9.97. The Bertz CT molecular complexity index is 1400. The highest BCUT2D eigenvalue weighted by Gasteiger charge is 2.19. The summed E-state index contributed by atoms with van der Waals surface area (Å²) in [4.78, 5) is 23.9. The van der Waals surface area contributed by atoms with E-state index in [4.69, 9.17) is 22.1 Å². The highest BCUT2D eigenvalue weighted by atomic mass is 35.5. The topological polar surface area (TPSA) is 121 Å². The highest BCUT2D eigenvalue weighted by Crippen LogP contribution is 2.25. The van der Waals surface area contributed by atoms with E-state index in [1.165, 1.54) is 53.6 Å². The van der Waals surface area contributed by atoms with Gasteiger partial charge >= 0.3 is 0 Å². The summed E-state index contributed by atoms with van der Waals surface area (Å²) in [5.74, 6) is -0.764. The maximum absolute atomic E-state index is 13.5. The third-order valence-corrected chi connectivity index (χ3v) is 5.03. The molecule has 3 aromatic heterocycles. The van der Waals surface area contributed by atoms with Gasteiger partial charge in [-0.15, -0.1) is 0 Å². The maximum atomic E-state index is 13.5. The molecular weight excluding hydrogens is 487 g/mol. The summed E-state index contributed by atoms with van der Waals surface area (Å²) in [5.41, 5.74) is 6.19. The quantitative estimate of drug-likeness (QED) is 0.362. The Morgan fingerprint density at radius 1 is 1.23 bits per heavy atom.